The maximum Gasteiger partial charge on any atom is 0.296 e. The van der Waals surface area contributed by atoms with E-state index in [0.717, 1.165) is 5.52 Å². The lowest BCUT2D eigenvalue weighted by Gasteiger charge is -2.13. The number of halogens is 2. The minimum atomic E-state index is -0.770. The molecule has 4 rings (SSSR count). The Morgan fingerprint density at radius 2 is 1.66 bits per heavy atom. The molecule has 7 heteroatoms. The molecule has 0 unspecified atom stereocenters. The highest BCUT2D eigenvalue weighted by molar-refractivity contribution is 6.48. The van der Waals surface area contributed by atoms with E-state index >= 15 is 0 Å². The molecule has 3 aromatic carbocycles. The number of carbonyl (C=O) groups is 2. The molecule has 29 heavy (non-hydrogen) atoms. The zero-order valence-electron chi connectivity index (χ0n) is 14.9. The average Bonchev–Trinajstić information content (AvgIpc) is 3.15. The van der Waals surface area contributed by atoms with Crippen LogP contribution in [0.15, 0.2) is 72.9 Å². The number of anilines is 1. The first-order valence-corrected chi connectivity index (χ1v) is 9.42. The number of ketones is 1. The summed E-state index contributed by atoms with van der Waals surface area (Å²) in [6.07, 6.45) is 1.53. The monoisotopic (exact) mass is 424 g/mol. The van der Waals surface area contributed by atoms with Crippen molar-refractivity contribution in [1.29, 1.82) is 0 Å². The van der Waals surface area contributed by atoms with E-state index in [1.165, 1.54) is 6.20 Å². The fraction of sp³-hybridized carbons (Fsp3) is 0. The Morgan fingerprint density at radius 1 is 0.897 bits per heavy atom. The number of fused-ring (bicyclic) bond motifs is 1. The van der Waals surface area contributed by atoms with Crippen molar-refractivity contribution in [3.63, 3.8) is 0 Å². The molecule has 4 aromatic rings. The van der Waals surface area contributed by atoms with E-state index in [-0.39, 0.29) is 0 Å². The van der Waals surface area contributed by atoms with Crippen molar-refractivity contribution in [3.05, 3.63) is 88.5 Å². The highest BCUT2D eigenvalue weighted by atomic mass is 35.5. The highest BCUT2D eigenvalue weighted by Gasteiger charge is 2.21. The molecule has 0 saturated heterocycles. The van der Waals surface area contributed by atoms with Crippen LogP contribution in [0.3, 0.4) is 0 Å². The molecule has 0 aliphatic heterocycles. The van der Waals surface area contributed by atoms with Crippen molar-refractivity contribution in [2.45, 2.75) is 0 Å². The van der Waals surface area contributed by atoms with Crippen LogP contribution < -0.4 is 10.1 Å². The molecule has 0 aliphatic rings. The minimum absolute atomic E-state index is 0.303. The average molecular weight is 425 g/mol. The van der Waals surface area contributed by atoms with E-state index in [2.05, 4.69) is 10.3 Å². The molecule has 1 heterocycles. The molecule has 5 nitrogen and oxygen atoms in total. The molecule has 1 aromatic heterocycles. The zero-order valence-corrected chi connectivity index (χ0v) is 16.4. The summed E-state index contributed by atoms with van der Waals surface area (Å²) in [7, 11) is 0. The Hall–Kier alpha value is -3.28. The summed E-state index contributed by atoms with van der Waals surface area (Å²) in [6.45, 7) is 0. The molecule has 0 aliphatic carbocycles. The fourth-order valence-corrected chi connectivity index (χ4v) is 3.34. The predicted molar refractivity (Wildman–Crippen MR) is 114 cm³/mol. The maximum atomic E-state index is 12.7. The second-order valence-electron chi connectivity index (χ2n) is 6.20. The summed E-state index contributed by atoms with van der Waals surface area (Å²) in [5, 5.41) is 4.11. The highest BCUT2D eigenvalue weighted by Crippen LogP contribution is 2.35. The second kappa shape index (κ2) is 7.99. The third-order valence-corrected chi connectivity index (χ3v) is 4.82. The Kier molecular flexibility index (Phi) is 5.25. The number of aromatic nitrogens is 1. The number of para-hydroxylation sites is 3. The van der Waals surface area contributed by atoms with E-state index < -0.39 is 11.7 Å². The van der Waals surface area contributed by atoms with Gasteiger partial charge in [-0.25, -0.2) is 0 Å². The lowest BCUT2D eigenvalue weighted by Crippen LogP contribution is -2.22. The van der Waals surface area contributed by atoms with Gasteiger partial charge in [-0.15, -0.1) is 0 Å². The third-order valence-electron chi connectivity index (χ3n) is 4.29. The van der Waals surface area contributed by atoms with Gasteiger partial charge < -0.3 is 15.0 Å². The van der Waals surface area contributed by atoms with Gasteiger partial charge in [0.15, 0.2) is 5.75 Å². The van der Waals surface area contributed by atoms with Gasteiger partial charge in [0, 0.05) is 22.1 Å². The smallest absolute Gasteiger partial charge is 0.296 e. The molecule has 1 amide bonds. The minimum Gasteiger partial charge on any atom is -0.454 e. The maximum absolute atomic E-state index is 12.7. The number of ether oxygens (including phenoxy) is 1. The van der Waals surface area contributed by atoms with E-state index in [1.54, 1.807) is 48.5 Å². The van der Waals surface area contributed by atoms with Crippen LogP contribution >= 0.6 is 23.2 Å². The van der Waals surface area contributed by atoms with E-state index in [9.17, 15) is 9.59 Å². The lowest BCUT2D eigenvalue weighted by atomic mass is 10.1. The van der Waals surface area contributed by atoms with Crippen LogP contribution in [0.1, 0.15) is 10.4 Å². The first-order valence-electron chi connectivity index (χ1n) is 8.66. The van der Waals surface area contributed by atoms with Gasteiger partial charge in [0.2, 0.25) is 0 Å². The van der Waals surface area contributed by atoms with Gasteiger partial charge >= 0.3 is 0 Å². The number of aromatic amines is 1. The van der Waals surface area contributed by atoms with Crippen LogP contribution in [-0.4, -0.2) is 16.7 Å². The molecule has 2 N–H and O–H groups in total. The van der Waals surface area contributed by atoms with Gasteiger partial charge in [0.1, 0.15) is 5.75 Å². The van der Waals surface area contributed by atoms with Crippen molar-refractivity contribution >= 4 is 51.5 Å². The number of Topliss-reactive ketones (excluding diaryl/α,β-unsaturated/α-hetero) is 1. The zero-order chi connectivity index (χ0) is 20.4. The lowest BCUT2D eigenvalue weighted by molar-refractivity contribution is -0.112. The SMILES string of the molecule is O=C(Nc1ccccc1Oc1ccc(Cl)cc1Cl)C(=O)c1c[nH]c2ccccc12. The Bertz CT molecular complexity index is 1230. The molecule has 0 fully saturated rings. The van der Waals surface area contributed by atoms with Crippen molar-refractivity contribution in [3.8, 4) is 11.5 Å². The van der Waals surface area contributed by atoms with Crippen molar-refractivity contribution in [1.82, 2.24) is 4.98 Å². The largest absolute Gasteiger partial charge is 0.454 e. The van der Waals surface area contributed by atoms with Gasteiger partial charge in [-0.2, -0.15) is 0 Å². The van der Waals surface area contributed by atoms with Crippen LogP contribution in [0.5, 0.6) is 11.5 Å². The van der Waals surface area contributed by atoms with Crippen LogP contribution in [0.25, 0.3) is 10.9 Å². The number of hydrogen-bond acceptors (Lipinski definition) is 3. The quantitative estimate of drug-likeness (QED) is 0.300. The predicted octanol–water partition coefficient (Wildman–Crippen LogP) is 6.09. The molecule has 0 atom stereocenters. The standard InChI is InChI=1S/C22H14Cl2N2O3/c23-13-9-10-19(16(24)11-13)29-20-8-4-3-7-18(20)26-22(28)21(27)15-12-25-17-6-2-1-5-14(15)17/h1-12,25H,(H,26,28). The summed E-state index contributed by atoms with van der Waals surface area (Å²) in [5.41, 5.74) is 1.43. The van der Waals surface area contributed by atoms with Gasteiger partial charge in [-0.05, 0) is 36.4 Å². The summed E-state index contributed by atoms with van der Waals surface area (Å²) >= 11 is 12.1. The molecule has 0 radical (unpaired) electrons. The number of nitrogens with one attached hydrogen (secondary N) is 2. The summed E-state index contributed by atoms with van der Waals surface area (Å²) in [6, 6.07) is 18.9. The Balaban J connectivity index is 1.58. The van der Waals surface area contributed by atoms with E-state index in [1.807, 2.05) is 18.2 Å². The van der Waals surface area contributed by atoms with Gasteiger partial charge in [0.05, 0.1) is 16.3 Å². The second-order valence-corrected chi connectivity index (χ2v) is 7.05. The van der Waals surface area contributed by atoms with Crippen LogP contribution in [0.2, 0.25) is 10.0 Å². The third kappa shape index (κ3) is 3.97. The first kappa shape index (κ1) is 19.1. The van der Waals surface area contributed by atoms with Gasteiger partial charge in [-0.3, -0.25) is 9.59 Å². The number of rotatable bonds is 5. The first-order chi connectivity index (χ1) is 14.0. The van der Waals surface area contributed by atoms with E-state index in [4.69, 9.17) is 27.9 Å². The van der Waals surface area contributed by atoms with Crippen LogP contribution in [-0.2, 0) is 4.79 Å². The van der Waals surface area contributed by atoms with Gasteiger partial charge in [-0.1, -0.05) is 53.5 Å². The number of H-pyrrole nitrogens is 1. The Morgan fingerprint density at radius 3 is 2.48 bits per heavy atom. The summed E-state index contributed by atoms with van der Waals surface area (Å²) < 4.78 is 5.81. The van der Waals surface area contributed by atoms with E-state index in [0.29, 0.717) is 38.2 Å². The van der Waals surface area contributed by atoms with Crippen LogP contribution in [0, 0.1) is 0 Å². The molecule has 0 saturated carbocycles. The molecular weight excluding hydrogens is 411 g/mol. The van der Waals surface area contributed by atoms with Crippen LogP contribution in [0.4, 0.5) is 5.69 Å². The fourth-order valence-electron chi connectivity index (χ4n) is 2.90. The number of hydrogen-bond donors (Lipinski definition) is 2. The van der Waals surface area contributed by atoms with Crippen molar-refractivity contribution in [2.75, 3.05) is 5.32 Å². The van der Waals surface area contributed by atoms with Crippen molar-refractivity contribution < 1.29 is 14.3 Å². The summed E-state index contributed by atoms with van der Waals surface area (Å²) in [5.74, 6) is -0.702. The molecular formula is C22H14Cl2N2O3. The molecule has 0 spiro atoms. The summed E-state index contributed by atoms with van der Waals surface area (Å²) in [4.78, 5) is 28.3. The topological polar surface area (TPSA) is 71.2 Å². The normalized spacial score (nSPS) is 10.7. The number of carbonyl (C=O) groups excluding carboxylic acids is 2. The Labute approximate surface area is 176 Å². The molecule has 144 valence electrons. The van der Waals surface area contributed by atoms with Crippen molar-refractivity contribution in [2.24, 2.45) is 0 Å². The van der Waals surface area contributed by atoms with Gasteiger partial charge in [0.25, 0.3) is 11.7 Å². The molecule has 0 bridgehead atoms. The number of benzene rings is 3. The number of amides is 1.